The van der Waals surface area contributed by atoms with Crippen molar-refractivity contribution in [2.24, 2.45) is 0 Å². The van der Waals surface area contributed by atoms with Crippen LogP contribution in [0, 0.1) is 0 Å². The first-order valence-electron chi connectivity index (χ1n) is 4.71. The number of hydrogen-bond donors (Lipinski definition) is 1. The molecule has 1 N–H and O–H groups in total. The maximum absolute atomic E-state index is 5.72. The van der Waals surface area contributed by atoms with E-state index >= 15 is 0 Å². The largest absolute Gasteiger partial charge is 0.310 e. The molecule has 0 aromatic carbocycles. The molecule has 2 rings (SSSR count). The lowest BCUT2D eigenvalue weighted by Crippen LogP contribution is -2.26. The van der Waals surface area contributed by atoms with Gasteiger partial charge in [0.15, 0.2) is 0 Å². The summed E-state index contributed by atoms with van der Waals surface area (Å²) < 4.78 is 0. The average Bonchev–Trinajstić information content (AvgIpc) is 2.20. The van der Waals surface area contributed by atoms with E-state index in [1.54, 1.807) is 0 Å². The van der Waals surface area contributed by atoms with Gasteiger partial charge in [-0.15, -0.1) is 0 Å². The number of nitrogens with one attached hydrogen (secondary N) is 1. The van der Waals surface area contributed by atoms with Crippen LogP contribution in [-0.4, -0.2) is 11.5 Å². The number of nitrogens with zero attached hydrogens (tertiary/aromatic N) is 1. The van der Waals surface area contributed by atoms with Gasteiger partial charge in [-0.2, -0.15) is 0 Å². The summed E-state index contributed by atoms with van der Waals surface area (Å²) in [6.45, 7) is 1.12. The fourth-order valence-corrected chi connectivity index (χ4v) is 1.84. The summed E-state index contributed by atoms with van der Waals surface area (Å²) in [6.07, 6.45) is 5.67. The van der Waals surface area contributed by atoms with Crippen molar-refractivity contribution >= 4 is 11.6 Å². The Kier molecular flexibility index (Phi) is 2.81. The molecule has 1 aromatic rings. The molecule has 1 aliphatic rings. The van der Waals surface area contributed by atoms with Gasteiger partial charge < -0.3 is 5.32 Å². The Labute approximate surface area is 83.3 Å². The maximum atomic E-state index is 5.72. The highest BCUT2D eigenvalue weighted by molar-refractivity contribution is 6.29. The first-order chi connectivity index (χ1) is 6.36. The van der Waals surface area contributed by atoms with E-state index in [1.807, 2.05) is 12.3 Å². The van der Waals surface area contributed by atoms with E-state index in [9.17, 15) is 0 Å². The first-order valence-corrected chi connectivity index (χ1v) is 5.09. The van der Waals surface area contributed by atoms with Crippen molar-refractivity contribution in [1.82, 2.24) is 10.3 Å². The summed E-state index contributed by atoms with van der Waals surface area (Å²) in [7, 11) is 0. The van der Waals surface area contributed by atoms with Crippen LogP contribution >= 0.6 is 11.6 Å². The molecule has 0 radical (unpaired) electrons. The zero-order valence-corrected chi connectivity index (χ0v) is 8.22. The third-order valence-electron chi connectivity index (χ3n) is 2.46. The molecule has 70 valence electrons. The lowest BCUT2D eigenvalue weighted by Gasteiger charge is -2.23. The lowest BCUT2D eigenvalue weighted by atomic mass is 9.99. The lowest BCUT2D eigenvalue weighted by molar-refractivity contribution is 0.411. The van der Waals surface area contributed by atoms with Crippen molar-refractivity contribution < 1.29 is 0 Å². The smallest absolute Gasteiger partial charge is 0.129 e. The predicted molar refractivity (Wildman–Crippen MR) is 53.8 cm³/mol. The summed E-state index contributed by atoms with van der Waals surface area (Å²) >= 11 is 5.72. The normalized spacial score (nSPS) is 23.0. The highest BCUT2D eigenvalue weighted by Gasteiger charge is 2.14. The van der Waals surface area contributed by atoms with Gasteiger partial charge >= 0.3 is 0 Å². The predicted octanol–water partition coefficient (Wildman–Crippen LogP) is 2.55. The van der Waals surface area contributed by atoms with E-state index in [1.165, 1.54) is 24.8 Å². The number of pyridine rings is 1. The Morgan fingerprint density at radius 3 is 2.92 bits per heavy atom. The van der Waals surface area contributed by atoms with E-state index in [-0.39, 0.29) is 0 Å². The zero-order chi connectivity index (χ0) is 9.10. The third-order valence-corrected chi connectivity index (χ3v) is 2.69. The molecule has 1 atom stereocenters. The second kappa shape index (κ2) is 4.07. The number of rotatable bonds is 1. The standard InChI is InChI=1S/C10H13ClN2/c11-10-5-4-8(7-13-10)9-3-1-2-6-12-9/h4-5,7,9,12H,1-3,6H2. The minimum atomic E-state index is 0.485. The molecule has 1 unspecified atom stereocenters. The molecule has 3 heteroatoms. The molecule has 0 aliphatic carbocycles. The van der Waals surface area contributed by atoms with Crippen molar-refractivity contribution in [1.29, 1.82) is 0 Å². The van der Waals surface area contributed by atoms with Crippen LogP contribution < -0.4 is 5.32 Å². The fraction of sp³-hybridized carbons (Fsp3) is 0.500. The van der Waals surface area contributed by atoms with Gasteiger partial charge in [0, 0.05) is 12.2 Å². The van der Waals surface area contributed by atoms with Crippen LogP contribution in [0.2, 0.25) is 5.15 Å². The highest BCUT2D eigenvalue weighted by Crippen LogP contribution is 2.22. The highest BCUT2D eigenvalue weighted by atomic mass is 35.5. The molecule has 2 heterocycles. The molecule has 1 aliphatic heterocycles. The number of aromatic nitrogens is 1. The quantitative estimate of drug-likeness (QED) is 0.699. The topological polar surface area (TPSA) is 24.9 Å². The second-order valence-corrected chi connectivity index (χ2v) is 3.80. The van der Waals surface area contributed by atoms with Crippen molar-refractivity contribution in [3.63, 3.8) is 0 Å². The monoisotopic (exact) mass is 196 g/mol. The van der Waals surface area contributed by atoms with Crippen LogP contribution in [0.5, 0.6) is 0 Å². The molecule has 0 saturated carbocycles. The molecule has 13 heavy (non-hydrogen) atoms. The second-order valence-electron chi connectivity index (χ2n) is 3.42. The molecule has 0 amide bonds. The number of hydrogen-bond acceptors (Lipinski definition) is 2. The average molecular weight is 197 g/mol. The zero-order valence-electron chi connectivity index (χ0n) is 7.46. The van der Waals surface area contributed by atoms with Crippen LogP contribution in [0.3, 0.4) is 0 Å². The van der Waals surface area contributed by atoms with Gasteiger partial charge in [-0.25, -0.2) is 4.98 Å². The van der Waals surface area contributed by atoms with E-state index in [4.69, 9.17) is 11.6 Å². The van der Waals surface area contributed by atoms with Crippen molar-refractivity contribution in [2.45, 2.75) is 25.3 Å². The molecular weight excluding hydrogens is 184 g/mol. The third kappa shape index (κ3) is 2.20. The van der Waals surface area contributed by atoms with Gasteiger partial charge in [0.2, 0.25) is 0 Å². The van der Waals surface area contributed by atoms with Crippen LogP contribution in [0.4, 0.5) is 0 Å². The van der Waals surface area contributed by atoms with Crippen molar-refractivity contribution in [2.75, 3.05) is 6.54 Å². The first kappa shape index (κ1) is 8.97. The Hall–Kier alpha value is -0.600. The summed E-state index contributed by atoms with van der Waals surface area (Å²) in [4.78, 5) is 4.08. The Bertz CT molecular complexity index is 265. The van der Waals surface area contributed by atoms with E-state index in [0.29, 0.717) is 11.2 Å². The maximum Gasteiger partial charge on any atom is 0.129 e. The molecular formula is C10H13ClN2. The van der Waals surface area contributed by atoms with E-state index in [2.05, 4.69) is 16.4 Å². The van der Waals surface area contributed by atoms with E-state index < -0.39 is 0 Å². The Morgan fingerprint density at radius 2 is 2.31 bits per heavy atom. The molecule has 1 fully saturated rings. The molecule has 2 nitrogen and oxygen atoms in total. The van der Waals surface area contributed by atoms with Gasteiger partial charge in [0.1, 0.15) is 5.15 Å². The van der Waals surface area contributed by atoms with Gasteiger partial charge in [0.25, 0.3) is 0 Å². The van der Waals surface area contributed by atoms with Crippen LogP contribution in [0.25, 0.3) is 0 Å². The Balaban J connectivity index is 2.10. The van der Waals surface area contributed by atoms with Gasteiger partial charge in [-0.1, -0.05) is 24.1 Å². The molecule has 0 bridgehead atoms. The summed E-state index contributed by atoms with van der Waals surface area (Å²) in [5.74, 6) is 0. The summed E-state index contributed by atoms with van der Waals surface area (Å²) in [5, 5.41) is 4.04. The van der Waals surface area contributed by atoms with Crippen LogP contribution in [0.15, 0.2) is 18.3 Å². The minimum Gasteiger partial charge on any atom is -0.310 e. The van der Waals surface area contributed by atoms with Gasteiger partial charge in [-0.05, 0) is 31.0 Å². The van der Waals surface area contributed by atoms with Gasteiger partial charge in [-0.3, -0.25) is 0 Å². The van der Waals surface area contributed by atoms with Crippen LogP contribution in [-0.2, 0) is 0 Å². The fourth-order valence-electron chi connectivity index (χ4n) is 1.73. The molecule has 1 aromatic heterocycles. The van der Waals surface area contributed by atoms with Gasteiger partial charge in [0.05, 0.1) is 0 Å². The van der Waals surface area contributed by atoms with Crippen LogP contribution in [0.1, 0.15) is 30.9 Å². The summed E-state index contributed by atoms with van der Waals surface area (Å²) in [6, 6.07) is 4.39. The Morgan fingerprint density at radius 1 is 1.38 bits per heavy atom. The van der Waals surface area contributed by atoms with E-state index in [0.717, 1.165) is 6.54 Å². The summed E-state index contributed by atoms with van der Waals surface area (Å²) in [5.41, 5.74) is 1.25. The number of halogens is 1. The van der Waals surface area contributed by atoms with Crippen molar-refractivity contribution in [3.05, 3.63) is 29.0 Å². The minimum absolute atomic E-state index is 0.485. The molecule has 1 saturated heterocycles. The number of piperidine rings is 1. The van der Waals surface area contributed by atoms with Crippen molar-refractivity contribution in [3.8, 4) is 0 Å². The molecule has 0 spiro atoms. The SMILES string of the molecule is Clc1ccc(C2CCCCN2)cn1.